The third kappa shape index (κ3) is 5.41. The Kier molecular flexibility index (Phi) is 6.46. The minimum absolute atomic E-state index is 0.124. The largest absolute Gasteiger partial charge is 0.465 e. The van der Waals surface area contributed by atoms with E-state index in [1.54, 1.807) is 0 Å². The summed E-state index contributed by atoms with van der Waals surface area (Å²) < 4.78 is 5.29. The van der Waals surface area contributed by atoms with Crippen molar-refractivity contribution < 1.29 is 9.53 Å². The fourth-order valence-corrected chi connectivity index (χ4v) is 2.47. The summed E-state index contributed by atoms with van der Waals surface area (Å²) in [6, 6.07) is 0.907. The quantitative estimate of drug-likeness (QED) is 0.660. The standard InChI is InChI=1S/C16H32N2O2/c1-7-20-15(19)16(6,17-14-8-9-14)11-18(13(4)5)10-12(2)3/h12-14,17H,7-11H2,1-6H3. The number of esters is 1. The molecule has 1 saturated carbocycles. The summed E-state index contributed by atoms with van der Waals surface area (Å²) in [7, 11) is 0. The number of ether oxygens (including phenoxy) is 1. The van der Waals surface area contributed by atoms with Gasteiger partial charge in [0.2, 0.25) is 0 Å². The molecule has 0 heterocycles. The topological polar surface area (TPSA) is 41.6 Å². The SMILES string of the molecule is CCOC(=O)C(C)(CN(CC(C)C)C(C)C)NC1CC1. The van der Waals surface area contributed by atoms with Gasteiger partial charge in [-0.3, -0.25) is 15.0 Å². The molecule has 1 rings (SSSR count). The van der Waals surface area contributed by atoms with Crippen molar-refractivity contribution >= 4 is 5.97 Å². The maximum atomic E-state index is 12.4. The second-order valence-corrected chi connectivity index (χ2v) is 6.89. The van der Waals surface area contributed by atoms with Gasteiger partial charge in [0.25, 0.3) is 0 Å². The number of carbonyl (C=O) groups excluding carboxylic acids is 1. The minimum atomic E-state index is -0.601. The van der Waals surface area contributed by atoms with Crippen LogP contribution in [-0.4, -0.2) is 48.2 Å². The maximum absolute atomic E-state index is 12.4. The first-order chi connectivity index (χ1) is 9.28. The third-order valence-electron chi connectivity index (χ3n) is 3.68. The average Bonchev–Trinajstić information content (AvgIpc) is 3.11. The molecule has 118 valence electrons. The van der Waals surface area contributed by atoms with E-state index in [1.807, 2.05) is 13.8 Å². The Labute approximate surface area is 124 Å². The van der Waals surface area contributed by atoms with Gasteiger partial charge in [-0.05, 0) is 46.5 Å². The van der Waals surface area contributed by atoms with Gasteiger partial charge in [-0.2, -0.15) is 0 Å². The van der Waals surface area contributed by atoms with Gasteiger partial charge in [-0.25, -0.2) is 0 Å². The summed E-state index contributed by atoms with van der Waals surface area (Å²) in [4.78, 5) is 14.7. The van der Waals surface area contributed by atoms with Gasteiger partial charge in [0.15, 0.2) is 0 Å². The number of hydrogen-bond acceptors (Lipinski definition) is 4. The van der Waals surface area contributed by atoms with E-state index in [1.165, 1.54) is 12.8 Å². The summed E-state index contributed by atoms with van der Waals surface area (Å²) >= 11 is 0. The van der Waals surface area contributed by atoms with Gasteiger partial charge in [0, 0.05) is 25.2 Å². The van der Waals surface area contributed by atoms with Crippen molar-refractivity contribution in [3.63, 3.8) is 0 Å². The molecular formula is C16H32N2O2. The molecule has 0 aromatic carbocycles. The molecule has 0 radical (unpaired) electrons. The van der Waals surface area contributed by atoms with E-state index in [0.29, 0.717) is 31.2 Å². The Morgan fingerprint density at radius 2 is 1.95 bits per heavy atom. The van der Waals surface area contributed by atoms with Crippen LogP contribution in [0.1, 0.15) is 54.4 Å². The summed E-state index contributed by atoms with van der Waals surface area (Å²) in [5, 5.41) is 3.49. The lowest BCUT2D eigenvalue weighted by Gasteiger charge is -2.37. The second kappa shape index (κ2) is 7.41. The molecule has 0 spiro atoms. The fourth-order valence-electron chi connectivity index (χ4n) is 2.47. The molecule has 0 aromatic heterocycles. The lowest BCUT2D eigenvalue weighted by molar-refractivity contribution is -0.151. The number of nitrogens with zero attached hydrogens (tertiary/aromatic N) is 1. The van der Waals surface area contributed by atoms with Crippen molar-refractivity contribution in [3.05, 3.63) is 0 Å². The molecule has 0 aliphatic heterocycles. The Morgan fingerprint density at radius 1 is 1.35 bits per heavy atom. The van der Waals surface area contributed by atoms with E-state index in [0.717, 1.165) is 6.54 Å². The van der Waals surface area contributed by atoms with Crippen LogP contribution >= 0.6 is 0 Å². The van der Waals surface area contributed by atoms with Crippen LogP contribution in [0.3, 0.4) is 0 Å². The number of hydrogen-bond donors (Lipinski definition) is 1. The lowest BCUT2D eigenvalue weighted by Crippen LogP contribution is -2.59. The van der Waals surface area contributed by atoms with Crippen molar-refractivity contribution in [2.75, 3.05) is 19.7 Å². The van der Waals surface area contributed by atoms with Crippen molar-refractivity contribution in [2.24, 2.45) is 5.92 Å². The molecular weight excluding hydrogens is 252 g/mol. The predicted molar refractivity (Wildman–Crippen MR) is 82.7 cm³/mol. The zero-order chi connectivity index (χ0) is 15.3. The Balaban J connectivity index is 2.76. The molecule has 1 fully saturated rings. The van der Waals surface area contributed by atoms with E-state index in [-0.39, 0.29) is 5.97 Å². The maximum Gasteiger partial charge on any atom is 0.327 e. The third-order valence-corrected chi connectivity index (χ3v) is 3.68. The van der Waals surface area contributed by atoms with Crippen molar-refractivity contribution in [2.45, 2.75) is 72.0 Å². The zero-order valence-electron chi connectivity index (χ0n) is 14.0. The van der Waals surface area contributed by atoms with Crippen LogP contribution in [0.2, 0.25) is 0 Å². The van der Waals surface area contributed by atoms with E-state index >= 15 is 0 Å². The first-order valence-electron chi connectivity index (χ1n) is 7.97. The highest BCUT2D eigenvalue weighted by atomic mass is 16.5. The van der Waals surface area contributed by atoms with Crippen LogP contribution < -0.4 is 5.32 Å². The summed E-state index contributed by atoms with van der Waals surface area (Å²) in [5.41, 5.74) is -0.601. The Morgan fingerprint density at radius 3 is 2.35 bits per heavy atom. The van der Waals surface area contributed by atoms with Crippen LogP contribution in [0.25, 0.3) is 0 Å². The molecule has 1 aliphatic rings. The molecule has 4 nitrogen and oxygen atoms in total. The predicted octanol–water partition coefficient (Wildman–Crippen LogP) is 2.43. The highest BCUT2D eigenvalue weighted by Gasteiger charge is 2.41. The molecule has 20 heavy (non-hydrogen) atoms. The van der Waals surface area contributed by atoms with E-state index in [2.05, 4.69) is 37.9 Å². The first-order valence-corrected chi connectivity index (χ1v) is 7.97. The first kappa shape index (κ1) is 17.4. The molecule has 4 heteroatoms. The van der Waals surface area contributed by atoms with Crippen LogP contribution in [0.4, 0.5) is 0 Å². The van der Waals surface area contributed by atoms with Crippen molar-refractivity contribution in [3.8, 4) is 0 Å². The number of rotatable bonds is 9. The fraction of sp³-hybridized carbons (Fsp3) is 0.938. The summed E-state index contributed by atoms with van der Waals surface area (Å²) in [6.45, 7) is 14.8. The van der Waals surface area contributed by atoms with E-state index in [4.69, 9.17) is 4.74 Å². The molecule has 1 aliphatic carbocycles. The number of carbonyl (C=O) groups is 1. The zero-order valence-corrected chi connectivity index (χ0v) is 14.0. The normalized spacial score (nSPS) is 18.6. The van der Waals surface area contributed by atoms with Gasteiger partial charge in [0.05, 0.1) is 6.61 Å². The Bertz CT molecular complexity index is 314. The molecule has 0 amide bonds. The van der Waals surface area contributed by atoms with Crippen LogP contribution in [0.5, 0.6) is 0 Å². The van der Waals surface area contributed by atoms with Gasteiger partial charge in [-0.1, -0.05) is 13.8 Å². The minimum Gasteiger partial charge on any atom is -0.465 e. The lowest BCUT2D eigenvalue weighted by atomic mass is 9.99. The van der Waals surface area contributed by atoms with Gasteiger partial charge < -0.3 is 4.74 Å². The average molecular weight is 284 g/mol. The van der Waals surface area contributed by atoms with Crippen molar-refractivity contribution in [1.29, 1.82) is 0 Å². The van der Waals surface area contributed by atoms with E-state index in [9.17, 15) is 4.79 Å². The van der Waals surface area contributed by atoms with Crippen LogP contribution in [-0.2, 0) is 9.53 Å². The smallest absolute Gasteiger partial charge is 0.327 e. The van der Waals surface area contributed by atoms with Crippen molar-refractivity contribution in [1.82, 2.24) is 10.2 Å². The highest BCUT2D eigenvalue weighted by molar-refractivity contribution is 5.80. The Hall–Kier alpha value is -0.610. The van der Waals surface area contributed by atoms with Gasteiger partial charge in [0.1, 0.15) is 5.54 Å². The van der Waals surface area contributed by atoms with Crippen LogP contribution in [0, 0.1) is 5.92 Å². The monoisotopic (exact) mass is 284 g/mol. The molecule has 1 N–H and O–H groups in total. The molecule has 0 saturated heterocycles. The molecule has 1 unspecified atom stereocenters. The number of nitrogens with one attached hydrogen (secondary N) is 1. The van der Waals surface area contributed by atoms with E-state index < -0.39 is 5.54 Å². The molecule has 1 atom stereocenters. The van der Waals surface area contributed by atoms with Crippen LogP contribution in [0.15, 0.2) is 0 Å². The molecule has 0 aromatic rings. The highest BCUT2D eigenvalue weighted by Crippen LogP contribution is 2.24. The van der Waals surface area contributed by atoms with Gasteiger partial charge >= 0.3 is 5.97 Å². The van der Waals surface area contributed by atoms with Gasteiger partial charge in [-0.15, -0.1) is 0 Å². The second-order valence-electron chi connectivity index (χ2n) is 6.89. The summed E-state index contributed by atoms with van der Waals surface area (Å²) in [6.07, 6.45) is 2.34. The molecule has 0 bridgehead atoms. The summed E-state index contributed by atoms with van der Waals surface area (Å²) in [5.74, 6) is 0.464.